The molecule has 8 heteroatoms. The van der Waals surface area contributed by atoms with E-state index in [9.17, 15) is 13.2 Å². The number of hydrogen-bond acceptors (Lipinski definition) is 5. The maximum Gasteiger partial charge on any atom is 0.332 e. The molecule has 21 heavy (non-hydrogen) atoms. The maximum absolute atomic E-state index is 12.4. The summed E-state index contributed by atoms with van der Waals surface area (Å²) in [7, 11) is -3.68. The highest BCUT2D eigenvalue weighted by atomic mass is 32.2. The predicted octanol–water partition coefficient (Wildman–Crippen LogP) is 1.23. The van der Waals surface area contributed by atoms with E-state index in [1.165, 1.54) is 12.4 Å². The fourth-order valence-corrected chi connectivity index (χ4v) is 3.40. The van der Waals surface area contributed by atoms with Crippen molar-refractivity contribution in [2.75, 3.05) is 13.2 Å². The van der Waals surface area contributed by atoms with Crippen LogP contribution < -0.4 is 0 Å². The van der Waals surface area contributed by atoms with E-state index in [4.69, 9.17) is 9.84 Å². The van der Waals surface area contributed by atoms with E-state index >= 15 is 0 Å². The van der Waals surface area contributed by atoms with Crippen LogP contribution >= 0.6 is 0 Å². The summed E-state index contributed by atoms with van der Waals surface area (Å²) in [5.41, 5.74) is 0.383. The second kappa shape index (κ2) is 6.23. The molecule has 0 spiro atoms. The van der Waals surface area contributed by atoms with Gasteiger partial charge in [-0.1, -0.05) is 12.1 Å². The first-order valence-electron chi connectivity index (χ1n) is 6.46. The first-order valence-corrected chi connectivity index (χ1v) is 7.90. The first-order chi connectivity index (χ1) is 9.96. The number of carbonyl (C=O) groups is 1. The molecule has 0 radical (unpaired) electrons. The molecule has 0 saturated heterocycles. The Labute approximate surface area is 122 Å². The Hall–Kier alpha value is -1.93. The third-order valence-electron chi connectivity index (χ3n) is 3.03. The average Bonchev–Trinajstić information content (AvgIpc) is 2.45. The zero-order valence-corrected chi connectivity index (χ0v) is 12.3. The van der Waals surface area contributed by atoms with Gasteiger partial charge in [0.15, 0.2) is 6.10 Å². The highest BCUT2D eigenvalue weighted by Crippen LogP contribution is 2.29. The second-order valence-corrected chi connectivity index (χ2v) is 6.26. The topological polar surface area (TPSA) is 96.3 Å². The molecular weight excluding hydrogens is 296 g/mol. The Balaban J connectivity index is 2.15. The highest BCUT2D eigenvalue weighted by molar-refractivity contribution is 7.89. The quantitative estimate of drug-likeness (QED) is 0.852. The zero-order chi connectivity index (χ0) is 15.5. The Kier molecular flexibility index (Phi) is 4.59. The number of carboxylic acids is 1. The van der Waals surface area contributed by atoms with Crippen LogP contribution in [0.2, 0.25) is 0 Å². The number of hydrogen-bond donors (Lipinski definition) is 1. The maximum atomic E-state index is 12.4. The van der Waals surface area contributed by atoms with Crippen LogP contribution in [0.1, 0.15) is 13.3 Å². The third-order valence-corrected chi connectivity index (χ3v) is 4.83. The van der Waals surface area contributed by atoms with Crippen LogP contribution in [0.15, 0.2) is 34.2 Å². The van der Waals surface area contributed by atoms with Gasteiger partial charge in [-0.15, -0.1) is 0 Å². The minimum atomic E-state index is -3.68. The molecule has 0 aliphatic carbocycles. The molecular formula is C13H16N2O5S. The van der Waals surface area contributed by atoms with Gasteiger partial charge < -0.3 is 9.84 Å². The lowest BCUT2D eigenvalue weighted by atomic mass is 10.2. The number of fused-ring (bicyclic) bond motifs is 1. The van der Waals surface area contributed by atoms with Gasteiger partial charge in [-0.05, 0) is 19.1 Å². The van der Waals surface area contributed by atoms with Gasteiger partial charge in [0.2, 0.25) is 0 Å². The number of para-hydroxylation sites is 1. The molecule has 0 bridgehead atoms. The van der Waals surface area contributed by atoms with E-state index in [1.54, 1.807) is 25.1 Å². The Morgan fingerprint density at radius 2 is 2.14 bits per heavy atom. The van der Waals surface area contributed by atoms with Gasteiger partial charge in [0.25, 0.3) is 10.0 Å². The van der Waals surface area contributed by atoms with Crippen molar-refractivity contribution in [3.8, 4) is 0 Å². The molecule has 1 aromatic carbocycles. The summed E-state index contributed by atoms with van der Waals surface area (Å²) in [5, 5.41) is 9.00. The number of benzene rings is 1. The van der Waals surface area contributed by atoms with Gasteiger partial charge in [-0.25, -0.2) is 18.2 Å². The molecule has 0 amide bonds. The fraction of sp³-hybridized carbons (Fsp3) is 0.385. The number of carboxylic acid groups (broad SMARTS) is 1. The highest BCUT2D eigenvalue weighted by Gasteiger charge is 2.29. The van der Waals surface area contributed by atoms with Crippen LogP contribution in [0.3, 0.4) is 0 Å². The van der Waals surface area contributed by atoms with Gasteiger partial charge in [0.1, 0.15) is 11.2 Å². The van der Waals surface area contributed by atoms with Crippen molar-refractivity contribution in [3.63, 3.8) is 0 Å². The monoisotopic (exact) mass is 312 g/mol. The smallest absolute Gasteiger partial charge is 0.332 e. The molecule has 1 atom stereocenters. The van der Waals surface area contributed by atoms with Crippen molar-refractivity contribution in [1.82, 2.24) is 4.31 Å². The number of nitrogens with zero attached hydrogens (tertiary/aromatic N) is 2. The Bertz CT molecular complexity index is 656. The van der Waals surface area contributed by atoms with E-state index in [0.717, 1.165) is 4.31 Å². The molecule has 0 saturated carbocycles. The van der Waals surface area contributed by atoms with Crippen LogP contribution in [-0.2, 0) is 19.6 Å². The molecule has 2 rings (SSSR count). The van der Waals surface area contributed by atoms with Crippen molar-refractivity contribution in [2.45, 2.75) is 24.3 Å². The number of sulfonamides is 1. The van der Waals surface area contributed by atoms with Gasteiger partial charge in [-0.2, -0.15) is 0 Å². The normalized spacial score (nSPS) is 17.3. The molecule has 1 aliphatic rings. The van der Waals surface area contributed by atoms with Crippen LogP contribution in [0.25, 0.3) is 0 Å². The summed E-state index contributed by atoms with van der Waals surface area (Å²) >= 11 is 0. The molecule has 1 N–H and O–H groups in total. The number of aliphatic imine (C=N–C) groups is 1. The lowest BCUT2D eigenvalue weighted by Crippen LogP contribution is -2.36. The summed E-state index contributed by atoms with van der Waals surface area (Å²) in [6, 6.07) is 6.42. The molecule has 1 unspecified atom stereocenters. The summed E-state index contributed by atoms with van der Waals surface area (Å²) < 4.78 is 30.9. The predicted molar refractivity (Wildman–Crippen MR) is 76.2 cm³/mol. The van der Waals surface area contributed by atoms with Crippen LogP contribution in [0.4, 0.5) is 5.69 Å². The zero-order valence-electron chi connectivity index (χ0n) is 11.5. The summed E-state index contributed by atoms with van der Waals surface area (Å²) in [6.07, 6.45) is 0.231. The third kappa shape index (κ3) is 3.22. The standard InChI is InChI=1S/C13H16N2O5S/c1-2-20-11(13(16)17)7-8-15-9-14-10-5-3-4-6-12(10)21(15,18)19/h3-6,9,11H,2,7-8H2,1H3,(H,16,17). The van der Waals surface area contributed by atoms with Crippen molar-refractivity contribution in [1.29, 1.82) is 0 Å². The fourth-order valence-electron chi connectivity index (χ4n) is 2.00. The molecule has 0 fully saturated rings. The van der Waals surface area contributed by atoms with Crippen molar-refractivity contribution in [2.24, 2.45) is 4.99 Å². The summed E-state index contributed by atoms with van der Waals surface area (Å²) in [4.78, 5) is 15.2. The van der Waals surface area contributed by atoms with Crippen molar-refractivity contribution < 1.29 is 23.1 Å². The second-order valence-electron chi connectivity index (χ2n) is 4.40. The van der Waals surface area contributed by atoms with Crippen LogP contribution in [0, 0.1) is 0 Å². The Morgan fingerprint density at radius 1 is 1.43 bits per heavy atom. The van der Waals surface area contributed by atoms with Crippen molar-refractivity contribution >= 4 is 28.0 Å². The van der Waals surface area contributed by atoms with E-state index in [-0.39, 0.29) is 24.5 Å². The molecule has 1 aliphatic heterocycles. The lowest BCUT2D eigenvalue weighted by Gasteiger charge is -2.25. The number of aliphatic carboxylic acids is 1. The minimum absolute atomic E-state index is 0.00284. The largest absolute Gasteiger partial charge is 0.479 e. The summed E-state index contributed by atoms with van der Waals surface area (Å²) in [5.74, 6) is -1.11. The van der Waals surface area contributed by atoms with Crippen LogP contribution in [-0.4, -0.2) is 49.4 Å². The van der Waals surface area contributed by atoms with Crippen LogP contribution in [0.5, 0.6) is 0 Å². The molecule has 1 aromatic rings. The molecule has 7 nitrogen and oxygen atoms in total. The Morgan fingerprint density at radius 3 is 2.81 bits per heavy atom. The molecule has 114 valence electrons. The van der Waals surface area contributed by atoms with Gasteiger partial charge in [0, 0.05) is 19.6 Å². The SMILES string of the molecule is CCOC(CCN1C=Nc2ccccc2S1(=O)=O)C(=O)O. The van der Waals surface area contributed by atoms with E-state index in [2.05, 4.69) is 4.99 Å². The van der Waals surface area contributed by atoms with E-state index in [0.29, 0.717) is 5.69 Å². The number of rotatable bonds is 6. The van der Waals surface area contributed by atoms with Gasteiger partial charge in [-0.3, -0.25) is 4.31 Å². The van der Waals surface area contributed by atoms with Crippen molar-refractivity contribution in [3.05, 3.63) is 24.3 Å². The van der Waals surface area contributed by atoms with Gasteiger partial charge >= 0.3 is 5.97 Å². The molecule has 1 heterocycles. The minimum Gasteiger partial charge on any atom is -0.479 e. The van der Waals surface area contributed by atoms with Gasteiger partial charge in [0.05, 0.1) is 5.69 Å². The van der Waals surface area contributed by atoms with E-state index in [1.807, 2.05) is 0 Å². The molecule has 0 aromatic heterocycles. The lowest BCUT2D eigenvalue weighted by molar-refractivity contribution is -0.150. The average molecular weight is 312 g/mol. The first kappa shape index (κ1) is 15.5. The number of ether oxygens (including phenoxy) is 1. The summed E-state index contributed by atoms with van der Waals surface area (Å²) in [6.45, 7) is 1.93. The van der Waals surface area contributed by atoms with E-state index < -0.39 is 22.1 Å².